The molecule has 2 rings (SSSR count). The van der Waals surface area contributed by atoms with Crippen molar-refractivity contribution in [3.8, 4) is 11.8 Å². The zero-order chi connectivity index (χ0) is 22.1. The van der Waals surface area contributed by atoms with Crippen molar-refractivity contribution in [3.05, 3.63) is 70.4 Å². The van der Waals surface area contributed by atoms with Gasteiger partial charge in [-0.2, -0.15) is 5.26 Å². The number of aryl methyl sites for hydroxylation is 3. The van der Waals surface area contributed by atoms with Crippen molar-refractivity contribution < 1.29 is 9.53 Å². The van der Waals surface area contributed by atoms with Crippen LogP contribution in [0.25, 0.3) is 0 Å². The zero-order valence-corrected chi connectivity index (χ0v) is 18.5. The number of nitriles is 1. The topological polar surface area (TPSA) is 74.1 Å². The third kappa shape index (κ3) is 5.64. The minimum Gasteiger partial charge on any atom is -0.494 e. The van der Waals surface area contributed by atoms with Crippen LogP contribution in [0.1, 0.15) is 56.0 Å². The molecule has 1 amide bonds. The first kappa shape index (κ1) is 23.0. The highest BCUT2D eigenvalue weighted by molar-refractivity contribution is 5.97. The van der Waals surface area contributed by atoms with Crippen molar-refractivity contribution in [2.45, 2.75) is 53.5 Å². The molecule has 5 nitrogen and oxygen atoms in total. The van der Waals surface area contributed by atoms with Gasteiger partial charge >= 0.3 is 0 Å². The molecular weight excluding hydrogens is 374 g/mol. The summed E-state index contributed by atoms with van der Waals surface area (Å²) in [4.78, 5) is 12.8. The molecule has 1 unspecified atom stereocenters. The summed E-state index contributed by atoms with van der Waals surface area (Å²) in [5.74, 6) is 0.314. The maximum atomic E-state index is 12.8. The Hall–Kier alpha value is -3.26. The summed E-state index contributed by atoms with van der Waals surface area (Å²) in [6.45, 7) is 10.5. The Morgan fingerprint density at radius 1 is 1.17 bits per heavy atom. The van der Waals surface area contributed by atoms with Gasteiger partial charge < -0.3 is 15.4 Å². The van der Waals surface area contributed by atoms with Crippen molar-refractivity contribution in [1.29, 1.82) is 5.26 Å². The predicted molar refractivity (Wildman–Crippen MR) is 121 cm³/mol. The normalized spacial score (nSPS) is 12.1. The maximum Gasteiger partial charge on any atom is 0.263 e. The number of para-hydroxylation sites is 1. The minimum absolute atomic E-state index is 0.0282. The Morgan fingerprint density at radius 3 is 2.40 bits per heavy atom. The number of carbonyl (C=O) groups excluding carboxylic acids is 1. The highest BCUT2D eigenvalue weighted by Crippen LogP contribution is 2.27. The molecule has 0 aliphatic rings. The highest BCUT2D eigenvalue weighted by atomic mass is 16.5. The fraction of sp³-hybridized carbons (Fsp3) is 0.360. The van der Waals surface area contributed by atoms with Crippen molar-refractivity contribution in [3.63, 3.8) is 0 Å². The zero-order valence-electron chi connectivity index (χ0n) is 18.5. The fourth-order valence-corrected chi connectivity index (χ4v) is 3.37. The van der Waals surface area contributed by atoms with E-state index in [4.69, 9.17) is 4.74 Å². The molecule has 5 heteroatoms. The molecule has 0 heterocycles. The van der Waals surface area contributed by atoms with Gasteiger partial charge in [-0.05, 0) is 50.8 Å². The van der Waals surface area contributed by atoms with Gasteiger partial charge in [0.2, 0.25) is 0 Å². The van der Waals surface area contributed by atoms with E-state index in [0.29, 0.717) is 6.61 Å². The molecule has 0 saturated heterocycles. The standard InChI is InChI=1S/C25H31N3O2/c1-6-19-10-9-11-20(7-2)24(19)27-16-21(15-26)25(29)28-18(5)22-14-17(4)12-13-23(22)30-8-3/h9-14,16,18,27H,6-8H2,1-5H3,(H,28,29)/b21-16-. The van der Waals surface area contributed by atoms with Crippen molar-refractivity contribution >= 4 is 11.6 Å². The smallest absolute Gasteiger partial charge is 0.263 e. The van der Waals surface area contributed by atoms with Crippen LogP contribution in [0.5, 0.6) is 5.75 Å². The third-order valence-corrected chi connectivity index (χ3v) is 5.00. The number of nitrogens with one attached hydrogen (secondary N) is 2. The average molecular weight is 406 g/mol. The number of hydrogen-bond donors (Lipinski definition) is 2. The van der Waals surface area contributed by atoms with Gasteiger partial charge in [0.15, 0.2) is 0 Å². The van der Waals surface area contributed by atoms with Crippen LogP contribution in [0, 0.1) is 18.3 Å². The first-order chi connectivity index (χ1) is 14.4. The van der Waals surface area contributed by atoms with E-state index < -0.39 is 5.91 Å². The molecular formula is C25H31N3O2. The van der Waals surface area contributed by atoms with Crippen LogP contribution in [0.15, 0.2) is 48.2 Å². The number of benzene rings is 2. The largest absolute Gasteiger partial charge is 0.494 e. The molecule has 1 atom stereocenters. The second-order valence-electron chi connectivity index (χ2n) is 7.14. The molecule has 0 aliphatic carbocycles. The SMILES string of the molecule is CCOc1ccc(C)cc1C(C)NC(=O)/C(C#N)=C\Nc1c(CC)cccc1CC. The quantitative estimate of drug-likeness (QED) is 0.443. The predicted octanol–water partition coefficient (Wildman–Crippen LogP) is 5.22. The molecule has 0 bridgehead atoms. The Balaban J connectivity index is 2.22. The number of ether oxygens (including phenoxy) is 1. The van der Waals surface area contributed by atoms with Gasteiger partial charge in [0, 0.05) is 17.5 Å². The van der Waals surface area contributed by atoms with Crippen LogP contribution in [-0.2, 0) is 17.6 Å². The lowest BCUT2D eigenvalue weighted by Crippen LogP contribution is -2.28. The molecule has 0 radical (unpaired) electrons. The summed E-state index contributed by atoms with van der Waals surface area (Å²) < 4.78 is 5.69. The Labute approximate surface area is 179 Å². The van der Waals surface area contributed by atoms with E-state index in [0.717, 1.165) is 46.5 Å². The average Bonchev–Trinajstić information content (AvgIpc) is 2.75. The first-order valence-electron chi connectivity index (χ1n) is 10.5. The molecule has 0 saturated carbocycles. The number of nitrogens with zero attached hydrogens (tertiary/aromatic N) is 1. The summed E-state index contributed by atoms with van der Waals surface area (Å²) in [5.41, 5.74) is 5.26. The molecule has 0 aliphatic heterocycles. The molecule has 0 fully saturated rings. The van der Waals surface area contributed by atoms with Crippen LogP contribution < -0.4 is 15.4 Å². The first-order valence-corrected chi connectivity index (χ1v) is 10.5. The van der Waals surface area contributed by atoms with E-state index in [9.17, 15) is 10.1 Å². The van der Waals surface area contributed by atoms with Crippen LogP contribution >= 0.6 is 0 Å². The summed E-state index contributed by atoms with van der Waals surface area (Å²) in [6.07, 6.45) is 3.22. The van der Waals surface area contributed by atoms with Crippen LogP contribution in [0.3, 0.4) is 0 Å². The number of rotatable bonds is 9. The molecule has 0 aromatic heterocycles. The second kappa shape index (κ2) is 11.1. The fourth-order valence-electron chi connectivity index (χ4n) is 3.37. The van der Waals surface area contributed by atoms with Gasteiger partial charge in [-0.25, -0.2) is 0 Å². The van der Waals surface area contributed by atoms with Crippen molar-refractivity contribution in [1.82, 2.24) is 5.32 Å². The molecule has 2 aromatic carbocycles. The van der Waals surface area contributed by atoms with Gasteiger partial charge in [0.05, 0.1) is 12.6 Å². The van der Waals surface area contributed by atoms with Crippen molar-refractivity contribution in [2.24, 2.45) is 0 Å². The van der Waals surface area contributed by atoms with Gasteiger partial charge in [-0.1, -0.05) is 49.7 Å². The maximum absolute atomic E-state index is 12.8. The number of carbonyl (C=O) groups is 1. The number of hydrogen-bond acceptors (Lipinski definition) is 4. The summed E-state index contributed by atoms with van der Waals surface area (Å²) >= 11 is 0. The van der Waals surface area contributed by atoms with E-state index in [1.165, 1.54) is 6.20 Å². The Bertz CT molecular complexity index is 935. The number of anilines is 1. The molecule has 30 heavy (non-hydrogen) atoms. The van der Waals surface area contributed by atoms with Crippen LogP contribution in [0.4, 0.5) is 5.69 Å². The van der Waals surface area contributed by atoms with Gasteiger partial charge in [0.25, 0.3) is 5.91 Å². The van der Waals surface area contributed by atoms with Gasteiger partial charge in [0.1, 0.15) is 17.4 Å². The van der Waals surface area contributed by atoms with Gasteiger partial charge in [-0.3, -0.25) is 4.79 Å². The van der Waals surface area contributed by atoms with Crippen molar-refractivity contribution in [2.75, 3.05) is 11.9 Å². The van der Waals surface area contributed by atoms with E-state index in [1.807, 2.05) is 51.1 Å². The molecule has 0 spiro atoms. The lowest BCUT2D eigenvalue weighted by Gasteiger charge is -2.19. The molecule has 158 valence electrons. The Morgan fingerprint density at radius 2 is 1.83 bits per heavy atom. The summed E-state index contributed by atoms with van der Waals surface area (Å²) in [6, 6.07) is 13.7. The van der Waals surface area contributed by atoms with E-state index >= 15 is 0 Å². The molecule has 2 N–H and O–H groups in total. The minimum atomic E-state index is -0.423. The van der Waals surface area contributed by atoms with Gasteiger partial charge in [-0.15, -0.1) is 0 Å². The monoisotopic (exact) mass is 405 g/mol. The van der Waals surface area contributed by atoms with E-state index in [1.54, 1.807) is 0 Å². The second-order valence-corrected chi connectivity index (χ2v) is 7.14. The van der Waals surface area contributed by atoms with Crippen LogP contribution in [0.2, 0.25) is 0 Å². The summed E-state index contributed by atoms with van der Waals surface area (Å²) in [7, 11) is 0. The van der Waals surface area contributed by atoms with E-state index in [2.05, 4.69) is 36.6 Å². The summed E-state index contributed by atoms with van der Waals surface area (Å²) in [5, 5.41) is 15.7. The van der Waals surface area contributed by atoms with Crippen LogP contribution in [-0.4, -0.2) is 12.5 Å². The number of amides is 1. The van der Waals surface area contributed by atoms with E-state index in [-0.39, 0.29) is 11.6 Å². The Kier molecular flexibility index (Phi) is 8.49. The lowest BCUT2D eigenvalue weighted by molar-refractivity contribution is -0.117. The highest BCUT2D eigenvalue weighted by Gasteiger charge is 2.17. The lowest BCUT2D eigenvalue weighted by atomic mass is 10.0. The molecule has 2 aromatic rings. The third-order valence-electron chi connectivity index (χ3n) is 5.00.